The predicted molar refractivity (Wildman–Crippen MR) is 74.3 cm³/mol. The minimum atomic E-state index is -0.0934. The van der Waals surface area contributed by atoms with E-state index in [2.05, 4.69) is 11.8 Å². The van der Waals surface area contributed by atoms with Gasteiger partial charge >= 0.3 is 0 Å². The van der Waals surface area contributed by atoms with E-state index in [0.29, 0.717) is 25.1 Å². The van der Waals surface area contributed by atoms with Crippen molar-refractivity contribution in [2.45, 2.75) is 13.3 Å². The molecule has 0 bridgehead atoms. The fourth-order valence-electron chi connectivity index (χ4n) is 1.67. The van der Waals surface area contributed by atoms with Gasteiger partial charge < -0.3 is 10.6 Å². The molecule has 0 spiro atoms. The zero-order chi connectivity index (χ0) is 14.3. The van der Waals surface area contributed by atoms with Crippen molar-refractivity contribution < 1.29 is 4.79 Å². The lowest BCUT2D eigenvalue weighted by molar-refractivity contribution is 0.0797. The number of hydrogen-bond donors (Lipinski definition) is 1. The molecule has 0 aliphatic carbocycles. The van der Waals surface area contributed by atoms with Crippen LogP contribution >= 0.6 is 0 Å². The van der Waals surface area contributed by atoms with Crippen molar-refractivity contribution in [1.29, 1.82) is 5.26 Å². The van der Waals surface area contributed by atoms with Crippen molar-refractivity contribution in [1.82, 2.24) is 4.90 Å². The Morgan fingerprint density at radius 3 is 2.84 bits per heavy atom. The molecule has 0 aliphatic rings. The van der Waals surface area contributed by atoms with Gasteiger partial charge in [0.1, 0.15) is 0 Å². The van der Waals surface area contributed by atoms with Crippen molar-refractivity contribution >= 4 is 5.91 Å². The summed E-state index contributed by atoms with van der Waals surface area (Å²) < 4.78 is 0. The molecule has 4 heteroatoms. The normalized spacial score (nSPS) is 9.16. The van der Waals surface area contributed by atoms with Crippen molar-refractivity contribution in [2.24, 2.45) is 5.73 Å². The Labute approximate surface area is 113 Å². The highest BCUT2D eigenvalue weighted by molar-refractivity contribution is 5.96. The number of nitriles is 1. The highest BCUT2D eigenvalue weighted by Gasteiger charge is 2.14. The summed E-state index contributed by atoms with van der Waals surface area (Å²) in [4.78, 5) is 13.8. The third-order valence-corrected chi connectivity index (χ3v) is 2.80. The lowest BCUT2D eigenvalue weighted by Crippen LogP contribution is -2.28. The summed E-state index contributed by atoms with van der Waals surface area (Å²) in [6, 6.07) is 7.47. The summed E-state index contributed by atoms with van der Waals surface area (Å²) in [5, 5.41) is 8.55. The summed E-state index contributed by atoms with van der Waals surface area (Å²) in [6.45, 7) is 2.58. The predicted octanol–water partition coefficient (Wildman–Crippen LogP) is 1.29. The molecular formula is C15H17N3O. The van der Waals surface area contributed by atoms with Crippen LogP contribution < -0.4 is 5.73 Å². The average Bonchev–Trinajstić information content (AvgIpc) is 2.43. The number of carbonyl (C=O) groups excluding carboxylic acids is 1. The lowest BCUT2D eigenvalue weighted by Gasteiger charge is -2.17. The Balaban J connectivity index is 3.01. The van der Waals surface area contributed by atoms with E-state index in [-0.39, 0.29) is 5.91 Å². The summed E-state index contributed by atoms with van der Waals surface area (Å²) in [5.41, 5.74) is 7.62. The minimum absolute atomic E-state index is 0.0934. The van der Waals surface area contributed by atoms with E-state index in [0.717, 1.165) is 11.1 Å². The van der Waals surface area contributed by atoms with Crippen LogP contribution in [0.1, 0.15) is 27.9 Å². The molecule has 0 radical (unpaired) electrons. The molecule has 19 heavy (non-hydrogen) atoms. The second-order valence-electron chi connectivity index (χ2n) is 4.12. The van der Waals surface area contributed by atoms with Gasteiger partial charge in [-0.2, -0.15) is 5.26 Å². The van der Waals surface area contributed by atoms with Crippen LogP contribution in [0, 0.1) is 30.1 Å². The van der Waals surface area contributed by atoms with Gasteiger partial charge in [-0.3, -0.25) is 4.79 Å². The first-order valence-corrected chi connectivity index (χ1v) is 6.02. The number of carbonyl (C=O) groups is 1. The largest absolute Gasteiger partial charge is 0.341 e. The Morgan fingerprint density at radius 2 is 2.21 bits per heavy atom. The maximum Gasteiger partial charge on any atom is 0.253 e. The Hall–Kier alpha value is -2.30. The van der Waals surface area contributed by atoms with Crippen molar-refractivity contribution in [3.63, 3.8) is 0 Å². The Morgan fingerprint density at radius 1 is 1.47 bits per heavy atom. The fourth-order valence-corrected chi connectivity index (χ4v) is 1.67. The molecule has 1 aromatic carbocycles. The van der Waals surface area contributed by atoms with Crippen LogP contribution in [-0.4, -0.2) is 30.9 Å². The van der Waals surface area contributed by atoms with Gasteiger partial charge in [0.05, 0.1) is 19.0 Å². The lowest BCUT2D eigenvalue weighted by atomic mass is 10.0. The number of nitrogens with zero attached hydrogens (tertiary/aromatic N) is 2. The molecule has 2 N–H and O–H groups in total. The van der Waals surface area contributed by atoms with Crippen LogP contribution in [0.15, 0.2) is 18.2 Å². The van der Waals surface area contributed by atoms with Gasteiger partial charge in [0.2, 0.25) is 0 Å². The Kier molecular flexibility index (Phi) is 5.60. The Bertz CT molecular complexity index is 561. The molecule has 0 aromatic heterocycles. The molecule has 1 aromatic rings. The van der Waals surface area contributed by atoms with E-state index < -0.39 is 0 Å². The first-order chi connectivity index (χ1) is 9.11. The molecular weight excluding hydrogens is 238 g/mol. The molecule has 98 valence electrons. The third kappa shape index (κ3) is 3.84. The van der Waals surface area contributed by atoms with Crippen molar-refractivity contribution in [3.05, 3.63) is 34.9 Å². The van der Waals surface area contributed by atoms with Crippen molar-refractivity contribution in [2.75, 3.05) is 20.1 Å². The fraction of sp³-hybridized carbons (Fsp3) is 0.333. The first kappa shape index (κ1) is 14.8. The highest BCUT2D eigenvalue weighted by Crippen LogP contribution is 2.14. The minimum Gasteiger partial charge on any atom is -0.341 e. The third-order valence-electron chi connectivity index (χ3n) is 2.80. The van der Waals surface area contributed by atoms with E-state index in [4.69, 9.17) is 11.0 Å². The van der Waals surface area contributed by atoms with Crippen LogP contribution in [0.5, 0.6) is 0 Å². The molecule has 0 unspecified atom stereocenters. The molecule has 1 rings (SSSR count). The number of rotatable bonds is 3. The van der Waals surface area contributed by atoms with Crippen LogP contribution in [0.4, 0.5) is 0 Å². The number of benzene rings is 1. The smallest absolute Gasteiger partial charge is 0.253 e. The monoisotopic (exact) mass is 255 g/mol. The maximum atomic E-state index is 12.2. The van der Waals surface area contributed by atoms with Crippen LogP contribution in [0.3, 0.4) is 0 Å². The molecule has 1 amide bonds. The number of nitrogens with two attached hydrogens (primary N) is 1. The second-order valence-corrected chi connectivity index (χ2v) is 4.12. The van der Waals surface area contributed by atoms with Gasteiger partial charge in [-0.1, -0.05) is 17.9 Å². The van der Waals surface area contributed by atoms with E-state index in [1.165, 1.54) is 0 Å². The average molecular weight is 255 g/mol. The molecule has 0 saturated heterocycles. The summed E-state index contributed by atoms with van der Waals surface area (Å²) >= 11 is 0. The zero-order valence-corrected chi connectivity index (χ0v) is 11.2. The van der Waals surface area contributed by atoms with Crippen molar-refractivity contribution in [3.8, 4) is 17.9 Å². The van der Waals surface area contributed by atoms with Crippen LogP contribution in [0.2, 0.25) is 0 Å². The van der Waals surface area contributed by atoms with Gasteiger partial charge in [-0.15, -0.1) is 0 Å². The maximum absolute atomic E-state index is 12.2. The highest BCUT2D eigenvalue weighted by atomic mass is 16.2. The summed E-state index contributed by atoms with van der Waals surface area (Å²) in [7, 11) is 1.69. The second kappa shape index (κ2) is 7.20. The molecule has 0 heterocycles. The van der Waals surface area contributed by atoms with Gasteiger partial charge in [0, 0.05) is 24.7 Å². The molecule has 4 nitrogen and oxygen atoms in total. The molecule has 0 fully saturated rings. The standard InChI is InChI=1S/C15H17N3O/c1-12-13(7-4-9-16)6-3-8-14(12)15(19)18(2)11-5-10-17/h3,6,8H,5,9,11,16H2,1-2H3. The van der Waals surface area contributed by atoms with E-state index in [1.54, 1.807) is 24.1 Å². The molecule has 0 saturated carbocycles. The van der Waals surface area contributed by atoms with E-state index >= 15 is 0 Å². The zero-order valence-electron chi connectivity index (χ0n) is 11.2. The van der Waals surface area contributed by atoms with Gasteiger partial charge in [0.15, 0.2) is 0 Å². The van der Waals surface area contributed by atoms with Gasteiger partial charge in [-0.25, -0.2) is 0 Å². The van der Waals surface area contributed by atoms with E-state index in [9.17, 15) is 4.79 Å². The topological polar surface area (TPSA) is 70.1 Å². The summed E-state index contributed by atoms with van der Waals surface area (Å²) in [6.07, 6.45) is 0.327. The quantitative estimate of drug-likeness (QED) is 0.827. The SMILES string of the molecule is Cc1c(C#CCN)cccc1C(=O)N(C)CCC#N. The molecule has 0 aliphatic heterocycles. The summed E-state index contributed by atoms with van der Waals surface area (Å²) in [5.74, 6) is 5.64. The van der Waals surface area contributed by atoms with Gasteiger partial charge in [-0.05, 0) is 24.6 Å². The van der Waals surface area contributed by atoms with Crippen LogP contribution in [0.25, 0.3) is 0 Å². The van der Waals surface area contributed by atoms with Gasteiger partial charge in [0.25, 0.3) is 5.91 Å². The van der Waals surface area contributed by atoms with Crippen LogP contribution in [-0.2, 0) is 0 Å². The molecule has 0 atom stereocenters. The first-order valence-electron chi connectivity index (χ1n) is 6.02. The van der Waals surface area contributed by atoms with E-state index in [1.807, 2.05) is 19.1 Å². The number of hydrogen-bond acceptors (Lipinski definition) is 3. The number of amides is 1.